The van der Waals surface area contributed by atoms with E-state index in [4.69, 9.17) is 4.98 Å². The number of aromatic nitrogens is 2. The Morgan fingerprint density at radius 1 is 1.29 bits per heavy atom. The minimum Gasteiger partial charge on any atom is -0.341 e. The highest BCUT2D eigenvalue weighted by atomic mass is 32.2. The van der Waals surface area contributed by atoms with Gasteiger partial charge in [-0.3, -0.25) is 4.79 Å². The first-order valence-corrected chi connectivity index (χ1v) is 12.1. The average Bonchev–Trinajstić information content (AvgIpc) is 3.08. The zero-order chi connectivity index (χ0) is 20.1. The van der Waals surface area contributed by atoms with Crippen molar-refractivity contribution in [3.8, 4) is 0 Å². The number of nitrogens with zero attached hydrogens (tertiary/aromatic N) is 4. The van der Waals surface area contributed by atoms with Crippen LogP contribution < -0.4 is 4.90 Å². The molecule has 4 rings (SSSR count). The van der Waals surface area contributed by atoms with Crippen molar-refractivity contribution in [1.82, 2.24) is 14.9 Å². The number of amides is 1. The van der Waals surface area contributed by atoms with Gasteiger partial charge in [0.1, 0.15) is 0 Å². The summed E-state index contributed by atoms with van der Waals surface area (Å²) in [5.74, 6) is 1.35. The number of rotatable bonds is 3. The number of carbonyl (C=O) groups is 1. The fraction of sp³-hybridized carbons (Fsp3) is 0.750. The Labute approximate surface area is 167 Å². The van der Waals surface area contributed by atoms with Gasteiger partial charge in [-0.2, -0.15) is 0 Å². The molecule has 4 heterocycles. The van der Waals surface area contributed by atoms with Crippen molar-refractivity contribution < 1.29 is 13.2 Å². The second-order valence-corrected chi connectivity index (χ2v) is 11.3. The van der Waals surface area contributed by atoms with Crippen LogP contribution in [0.2, 0.25) is 0 Å². The maximum Gasteiger partial charge on any atom is 0.225 e. The molecule has 7 nitrogen and oxygen atoms in total. The molecule has 3 aliphatic rings. The molecule has 154 valence electrons. The normalized spacial score (nSPS) is 28.9. The highest BCUT2D eigenvalue weighted by molar-refractivity contribution is 7.91. The van der Waals surface area contributed by atoms with Crippen molar-refractivity contribution in [2.75, 3.05) is 31.1 Å². The Kier molecular flexibility index (Phi) is 5.10. The molecule has 8 heteroatoms. The lowest BCUT2D eigenvalue weighted by Crippen LogP contribution is -2.38. The van der Waals surface area contributed by atoms with Gasteiger partial charge in [0.15, 0.2) is 9.84 Å². The molecule has 0 saturated carbocycles. The monoisotopic (exact) mass is 406 g/mol. The zero-order valence-electron chi connectivity index (χ0n) is 17.0. The van der Waals surface area contributed by atoms with Gasteiger partial charge in [-0.1, -0.05) is 20.8 Å². The summed E-state index contributed by atoms with van der Waals surface area (Å²) in [5.41, 5.74) is 1.54. The largest absolute Gasteiger partial charge is 0.341 e. The first-order chi connectivity index (χ1) is 13.2. The van der Waals surface area contributed by atoms with Crippen molar-refractivity contribution in [3.05, 3.63) is 17.5 Å². The molecule has 0 spiro atoms. The quantitative estimate of drug-likeness (QED) is 0.763. The number of carbonyl (C=O) groups excluding carboxylic acids is 1. The van der Waals surface area contributed by atoms with Gasteiger partial charge < -0.3 is 9.80 Å². The summed E-state index contributed by atoms with van der Waals surface area (Å²) >= 11 is 0. The summed E-state index contributed by atoms with van der Waals surface area (Å²) in [4.78, 5) is 25.8. The van der Waals surface area contributed by atoms with Crippen LogP contribution in [0.5, 0.6) is 0 Å². The number of sulfone groups is 1. The van der Waals surface area contributed by atoms with Crippen LogP contribution in [-0.4, -0.2) is 60.6 Å². The first-order valence-electron chi connectivity index (χ1n) is 10.3. The summed E-state index contributed by atoms with van der Waals surface area (Å²) in [6.07, 6.45) is 4.49. The topological polar surface area (TPSA) is 83.5 Å². The Hall–Kier alpha value is -1.70. The van der Waals surface area contributed by atoms with E-state index in [2.05, 4.69) is 16.8 Å². The molecule has 0 radical (unpaired) electrons. The number of fused-ring (bicyclic) bond motifs is 3. The van der Waals surface area contributed by atoms with Crippen molar-refractivity contribution in [3.63, 3.8) is 0 Å². The predicted molar refractivity (Wildman–Crippen MR) is 108 cm³/mol. The molecular formula is C20H30N4O3S. The number of anilines is 1. The van der Waals surface area contributed by atoms with Gasteiger partial charge in [-0.15, -0.1) is 0 Å². The van der Waals surface area contributed by atoms with E-state index in [9.17, 15) is 13.2 Å². The Morgan fingerprint density at radius 2 is 2.07 bits per heavy atom. The van der Waals surface area contributed by atoms with Gasteiger partial charge in [0, 0.05) is 50.3 Å². The summed E-state index contributed by atoms with van der Waals surface area (Å²) in [6, 6.07) is 0. The van der Waals surface area contributed by atoms with Crippen LogP contribution in [0.15, 0.2) is 6.20 Å². The van der Waals surface area contributed by atoms with Crippen LogP contribution >= 0.6 is 0 Å². The van der Waals surface area contributed by atoms with Gasteiger partial charge in [-0.05, 0) is 24.7 Å². The van der Waals surface area contributed by atoms with E-state index in [1.165, 1.54) is 6.42 Å². The number of hydrogen-bond acceptors (Lipinski definition) is 6. The fourth-order valence-corrected chi connectivity index (χ4v) is 6.76. The van der Waals surface area contributed by atoms with E-state index in [0.29, 0.717) is 30.4 Å². The fourth-order valence-electron chi connectivity index (χ4n) is 4.77. The molecule has 1 amide bonds. The highest BCUT2D eigenvalue weighted by Gasteiger charge is 2.48. The van der Waals surface area contributed by atoms with E-state index in [-0.39, 0.29) is 30.0 Å². The SMILES string of the molecule is CC(C)CC(=O)N1C[C@H]2c3nc(N4CCCC(C)C4)ncc3CS(=O)(=O)[C@H]2C1. The average molecular weight is 407 g/mol. The third-order valence-electron chi connectivity index (χ3n) is 6.20. The van der Waals surface area contributed by atoms with Crippen LogP contribution in [-0.2, 0) is 20.4 Å². The zero-order valence-corrected chi connectivity index (χ0v) is 17.8. The van der Waals surface area contributed by atoms with Crippen LogP contribution in [0.4, 0.5) is 5.95 Å². The molecule has 0 bridgehead atoms. The Bertz CT molecular complexity index is 870. The molecule has 1 aromatic heterocycles. The van der Waals surface area contributed by atoms with E-state index >= 15 is 0 Å². The summed E-state index contributed by atoms with van der Waals surface area (Å²) in [7, 11) is -3.30. The Morgan fingerprint density at radius 3 is 2.79 bits per heavy atom. The van der Waals surface area contributed by atoms with Crippen molar-refractivity contribution in [1.29, 1.82) is 0 Å². The van der Waals surface area contributed by atoms with E-state index in [0.717, 1.165) is 25.2 Å². The van der Waals surface area contributed by atoms with Gasteiger partial charge in [-0.25, -0.2) is 18.4 Å². The lowest BCUT2D eigenvalue weighted by atomic mass is 9.99. The molecule has 2 fully saturated rings. The third-order valence-corrected chi connectivity index (χ3v) is 8.31. The second kappa shape index (κ2) is 7.28. The molecule has 0 aromatic carbocycles. The number of piperidine rings is 1. The van der Waals surface area contributed by atoms with Crippen LogP contribution in [0, 0.1) is 11.8 Å². The van der Waals surface area contributed by atoms with Gasteiger partial charge in [0.2, 0.25) is 11.9 Å². The Balaban J connectivity index is 1.64. The molecule has 2 saturated heterocycles. The summed E-state index contributed by atoms with van der Waals surface area (Å²) < 4.78 is 25.7. The minimum absolute atomic E-state index is 0.0214. The van der Waals surface area contributed by atoms with Gasteiger partial charge in [0.25, 0.3) is 0 Å². The third kappa shape index (κ3) is 3.63. The molecule has 28 heavy (non-hydrogen) atoms. The smallest absolute Gasteiger partial charge is 0.225 e. The molecule has 0 aliphatic carbocycles. The number of hydrogen-bond donors (Lipinski definition) is 0. The van der Waals surface area contributed by atoms with Crippen molar-refractivity contribution in [2.24, 2.45) is 11.8 Å². The van der Waals surface area contributed by atoms with Gasteiger partial charge in [0.05, 0.1) is 16.7 Å². The van der Waals surface area contributed by atoms with E-state index < -0.39 is 15.1 Å². The first kappa shape index (κ1) is 19.6. The molecule has 1 unspecified atom stereocenters. The molecular weight excluding hydrogens is 376 g/mol. The predicted octanol–water partition coefficient (Wildman–Crippen LogP) is 1.98. The molecule has 3 atom stereocenters. The summed E-state index contributed by atoms with van der Waals surface area (Å²) in [6.45, 7) is 8.85. The van der Waals surface area contributed by atoms with Crippen LogP contribution in [0.3, 0.4) is 0 Å². The second-order valence-electron chi connectivity index (χ2n) is 9.12. The standard InChI is InChI=1S/C20H30N4O3S/c1-13(2)7-18(25)24-10-16-17(11-24)28(26,27)12-15-8-21-20(22-19(15)16)23-6-4-5-14(3)9-23/h8,13-14,16-17H,4-7,9-12H2,1-3H3/t14?,16-,17+/m1/s1. The lowest BCUT2D eigenvalue weighted by molar-refractivity contribution is -0.130. The molecule has 3 aliphatic heterocycles. The maximum atomic E-state index is 12.8. The molecule has 0 N–H and O–H groups in total. The minimum atomic E-state index is -3.30. The van der Waals surface area contributed by atoms with Crippen LogP contribution in [0.25, 0.3) is 0 Å². The van der Waals surface area contributed by atoms with E-state index in [1.54, 1.807) is 11.1 Å². The lowest BCUT2D eigenvalue weighted by Gasteiger charge is -2.32. The van der Waals surface area contributed by atoms with Crippen molar-refractivity contribution in [2.45, 2.75) is 57.0 Å². The van der Waals surface area contributed by atoms with Crippen molar-refractivity contribution >= 4 is 21.7 Å². The van der Waals surface area contributed by atoms with Crippen LogP contribution in [0.1, 0.15) is 57.2 Å². The number of likely N-dealkylation sites (tertiary alicyclic amines) is 1. The highest BCUT2D eigenvalue weighted by Crippen LogP contribution is 2.40. The maximum absolute atomic E-state index is 12.8. The van der Waals surface area contributed by atoms with Gasteiger partial charge >= 0.3 is 0 Å². The summed E-state index contributed by atoms with van der Waals surface area (Å²) in [5, 5.41) is -0.542. The molecule has 1 aromatic rings. The van der Waals surface area contributed by atoms with E-state index in [1.807, 2.05) is 13.8 Å².